The lowest BCUT2D eigenvalue weighted by Gasteiger charge is -2.47. The van der Waals surface area contributed by atoms with Gasteiger partial charge in [0.2, 0.25) is 0 Å². The van der Waals surface area contributed by atoms with E-state index in [0.29, 0.717) is 17.5 Å². The third-order valence-electron chi connectivity index (χ3n) is 5.18. The van der Waals surface area contributed by atoms with Crippen LogP contribution < -0.4 is 4.74 Å². The molecule has 1 aromatic heterocycles. The van der Waals surface area contributed by atoms with E-state index in [4.69, 9.17) is 9.47 Å². The van der Waals surface area contributed by atoms with Crippen LogP contribution in [0.5, 0.6) is 5.75 Å². The molecule has 4 nitrogen and oxygen atoms in total. The third-order valence-corrected chi connectivity index (χ3v) is 6.75. The Kier molecular flexibility index (Phi) is 5.20. The lowest BCUT2D eigenvalue weighted by molar-refractivity contribution is 0.0250. The Bertz CT molecular complexity index is 744. The van der Waals surface area contributed by atoms with Gasteiger partial charge in [-0.05, 0) is 43.2 Å². The second-order valence-corrected chi connectivity index (χ2v) is 8.88. The summed E-state index contributed by atoms with van der Waals surface area (Å²) in [7, 11) is 1.71. The van der Waals surface area contributed by atoms with Gasteiger partial charge in [-0.15, -0.1) is 11.8 Å². The van der Waals surface area contributed by atoms with E-state index in [9.17, 15) is 0 Å². The molecule has 0 bridgehead atoms. The predicted octanol–water partition coefficient (Wildman–Crippen LogP) is 3.68. The zero-order valence-corrected chi connectivity index (χ0v) is 16.3. The average Bonchev–Trinajstić information content (AvgIpc) is 3.05. The molecule has 1 spiro atoms. The first-order chi connectivity index (χ1) is 12.6. The number of likely N-dealkylation sites (tertiary alicyclic amines) is 1. The van der Waals surface area contributed by atoms with E-state index in [2.05, 4.69) is 39.8 Å². The van der Waals surface area contributed by atoms with Gasteiger partial charge in [0.1, 0.15) is 5.75 Å². The smallest absolute Gasteiger partial charge is 0.118 e. The molecule has 0 aliphatic carbocycles. The summed E-state index contributed by atoms with van der Waals surface area (Å²) in [6.07, 6.45) is 1.51. The van der Waals surface area contributed by atoms with Crippen LogP contribution in [0, 0.1) is 6.92 Å². The van der Waals surface area contributed by atoms with Gasteiger partial charge in [-0.2, -0.15) is 0 Å². The van der Waals surface area contributed by atoms with E-state index in [0.717, 1.165) is 48.9 Å². The number of thioether (sulfide) groups is 1. The minimum Gasteiger partial charge on any atom is -0.497 e. The fourth-order valence-corrected chi connectivity index (χ4v) is 5.49. The maximum Gasteiger partial charge on any atom is 0.118 e. The zero-order valence-electron chi connectivity index (χ0n) is 15.5. The number of aryl methyl sites for hydroxylation is 1. The van der Waals surface area contributed by atoms with Gasteiger partial charge in [-0.1, -0.05) is 18.2 Å². The number of hydrogen-bond donors (Lipinski definition) is 0. The Hall–Kier alpha value is -1.56. The largest absolute Gasteiger partial charge is 0.497 e. The Morgan fingerprint density at radius 2 is 2.00 bits per heavy atom. The topological polar surface area (TPSA) is 34.6 Å². The molecule has 1 atom stereocenters. The fourth-order valence-electron chi connectivity index (χ4n) is 3.88. The molecule has 2 aliphatic heterocycles. The highest BCUT2D eigenvalue weighted by Gasteiger charge is 2.49. The average molecular weight is 371 g/mol. The summed E-state index contributed by atoms with van der Waals surface area (Å²) < 4.78 is 11.8. The van der Waals surface area contributed by atoms with Gasteiger partial charge in [-0.3, -0.25) is 9.88 Å². The van der Waals surface area contributed by atoms with Crippen molar-refractivity contribution < 1.29 is 9.47 Å². The quantitative estimate of drug-likeness (QED) is 0.775. The predicted molar refractivity (Wildman–Crippen MR) is 106 cm³/mol. The van der Waals surface area contributed by atoms with Crippen molar-refractivity contribution in [3.8, 4) is 5.75 Å². The van der Waals surface area contributed by atoms with Crippen LogP contribution >= 0.6 is 11.8 Å². The molecule has 0 amide bonds. The third kappa shape index (κ3) is 4.05. The fraction of sp³-hybridized carbons (Fsp3) is 0.476. The van der Waals surface area contributed by atoms with Crippen molar-refractivity contribution in [1.29, 1.82) is 0 Å². The van der Waals surface area contributed by atoms with Crippen molar-refractivity contribution in [1.82, 2.24) is 9.88 Å². The van der Waals surface area contributed by atoms with Crippen LogP contribution in [0.15, 0.2) is 42.5 Å². The molecule has 0 saturated carbocycles. The van der Waals surface area contributed by atoms with Crippen LogP contribution in [0.4, 0.5) is 0 Å². The first-order valence-corrected chi connectivity index (χ1v) is 10.2. The van der Waals surface area contributed by atoms with E-state index in [1.165, 1.54) is 5.56 Å². The lowest BCUT2D eigenvalue weighted by Crippen LogP contribution is -2.58. The summed E-state index contributed by atoms with van der Waals surface area (Å²) in [4.78, 5) is 7.05. The first kappa shape index (κ1) is 17.8. The molecule has 2 saturated heterocycles. The van der Waals surface area contributed by atoms with Crippen LogP contribution in [0.25, 0.3) is 0 Å². The molecule has 5 heteroatoms. The number of hydrogen-bond acceptors (Lipinski definition) is 5. The summed E-state index contributed by atoms with van der Waals surface area (Å²) in [5.41, 5.74) is 3.43. The van der Waals surface area contributed by atoms with E-state index < -0.39 is 0 Å². The van der Waals surface area contributed by atoms with E-state index in [-0.39, 0.29) is 0 Å². The second-order valence-electron chi connectivity index (χ2n) is 7.39. The van der Waals surface area contributed by atoms with Gasteiger partial charge >= 0.3 is 0 Å². The standard InChI is InChI=1S/C21H26N2O2S/c1-16-4-3-5-18(22-16)12-25-20-10-21(26-13-20)14-23(15-21)11-17-6-8-19(24-2)9-7-17/h3-9,20H,10-15H2,1-2H3. The number of benzene rings is 1. The zero-order chi connectivity index (χ0) is 18.0. The summed E-state index contributed by atoms with van der Waals surface area (Å²) in [6.45, 7) is 5.98. The number of methoxy groups -OCH3 is 1. The summed E-state index contributed by atoms with van der Waals surface area (Å²) >= 11 is 2.09. The van der Waals surface area contributed by atoms with Crippen molar-refractivity contribution in [3.05, 3.63) is 59.4 Å². The number of rotatable bonds is 6. The van der Waals surface area contributed by atoms with Gasteiger partial charge in [0.15, 0.2) is 0 Å². The summed E-state index contributed by atoms with van der Waals surface area (Å²) in [6, 6.07) is 14.5. The van der Waals surface area contributed by atoms with Crippen LogP contribution in [0.2, 0.25) is 0 Å². The van der Waals surface area contributed by atoms with Crippen LogP contribution in [0.3, 0.4) is 0 Å². The van der Waals surface area contributed by atoms with E-state index in [1.54, 1.807) is 7.11 Å². The van der Waals surface area contributed by atoms with Gasteiger partial charge in [0, 0.05) is 35.8 Å². The number of aromatic nitrogens is 1. The maximum atomic E-state index is 6.14. The molecule has 2 fully saturated rings. The number of ether oxygens (including phenoxy) is 2. The van der Waals surface area contributed by atoms with Crippen molar-refractivity contribution in [2.75, 3.05) is 26.0 Å². The van der Waals surface area contributed by atoms with Crippen molar-refractivity contribution in [2.24, 2.45) is 0 Å². The molecule has 2 aliphatic rings. The van der Waals surface area contributed by atoms with Crippen LogP contribution in [-0.2, 0) is 17.9 Å². The Labute approximate surface area is 159 Å². The van der Waals surface area contributed by atoms with Crippen molar-refractivity contribution in [3.63, 3.8) is 0 Å². The van der Waals surface area contributed by atoms with Crippen molar-refractivity contribution >= 4 is 11.8 Å². The highest BCUT2D eigenvalue weighted by atomic mass is 32.2. The molecule has 0 N–H and O–H groups in total. The maximum absolute atomic E-state index is 6.14. The van der Waals surface area contributed by atoms with Crippen LogP contribution in [0.1, 0.15) is 23.4 Å². The SMILES string of the molecule is COc1ccc(CN2CC3(CC(OCc4cccc(C)n4)CS3)C2)cc1. The highest BCUT2D eigenvalue weighted by Crippen LogP contribution is 2.46. The molecule has 138 valence electrons. The minimum absolute atomic E-state index is 0.352. The Morgan fingerprint density at radius 1 is 1.19 bits per heavy atom. The number of nitrogens with zero attached hydrogens (tertiary/aromatic N) is 2. The first-order valence-electron chi connectivity index (χ1n) is 9.18. The molecule has 1 aromatic carbocycles. The molecule has 3 heterocycles. The van der Waals surface area contributed by atoms with E-state index >= 15 is 0 Å². The molecule has 4 rings (SSSR count). The second kappa shape index (κ2) is 7.59. The minimum atomic E-state index is 0.352. The van der Waals surface area contributed by atoms with Gasteiger partial charge < -0.3 is 9.47 Å². The van der Waals surface area contributed by atoms with Gasteiger partial charge in [-0.25, -0.2) is 0 Å². The lowest BCUT2D eigenvalue weighted by atomic mass is 9.92. The summed E-state index contributed by atoms with van der Waals surface area (Å²) in [5, 5.41) is 0. The molecule has 2 aromatic rings. The monoisotopic (exact) mass is 370 g/mol. The highest BCUT2D eigenvalue weighted by molar-refractivity contribution is 8.01. The van der Waals surface area contributed by atoms with Gasteiger partial charge in [0.25, 0.3) is 0 Å². The molecule has 26 heavy (non-hydrogen) atoms. The summed E-state index contributed by atoms with van der Waals surface area (Å²) in [5.74, 6) is 2.02. The number of pyridine rings is 1. The van der Waals surface area contributed by atoms with Gasteiger partial charge in [0.05, 0.1) is 25.5 Å². The Morgan fingerprint density at radius 3 is 2.73 bits per heavy atom. The molecule has 0 radical (unpaired) electrons. The molecule has 1 unspecified atom stereocenters. The normalized spacial score (nSPS) is 21.7. The van der Waals surface area contributed by atoms with E-state index in [1.807, 2.05) is 31.2 Å². The van der Waals surface area contributed by atoms with Crippen LogP contribution in [-0.4, -0.2) is 46.7 Å². The molecular formula is C21H26N2O2S. The van der Waals surface area contributed by atoms with Crippen molar-refractivity contribution in [2.45, 2.75) is 37.3 Å². The molecular weight excluding hydrogens is 344 g/mol. The Balaban J connectivity index is 1.23.